The lowest BCUT2D eigenvalue weighted by atomic mass is 9.93. The Morgan fingerprint density at radius 2 is 1.33 bits per heavy atom. The van der Waals surface area contributed by atoms with Crippen LogP contribution in [0.2, 0.25) is 0 Å². The lowest BCUT2D eigenvalue weighted by molar-refractivity contribution is 0.635. The van der Waals surface area contributed by atoms with Crippen molar-refractivity contribution in [3.63, 3.8) is 0 Å². The van der Waals surface area contributed by atoms with Crippen LogP contribution in [0.25, 0.3) is 0 Å². The molecule has 0 aromatic rings. The van der Waals surface area contributed by atoms with Crippen LogP contribution in [-0.4, -0.2) is 0 Å². The van der Waals surface area contributed by atoms with Crippen molar-refractivity contribution in [2.24, 2.45) is 0 Å². The van der Waals surface area contributed by atoms with E-state index >= 15 is 0 Å². The van der Waals surface area contributed by atoms with Gasteiger partial charge in [0.2, 0.25) is 0 Å². The summed E-state index contributed by atoms with van der Waals surface area (Å²) in [5, 5.41) is 0. The summed E-state index contributed by atoms with van der Waals surface area (Å²) in [5.41, 5.74) is 3.27. The third kappa shape index (κ3) is 1.88. The lowest BCUT2D eigenvalue weighted by Gasteiger charge is -2.13. The van der Waals surface area contributed by atoms with Gasteiger partial charge in [0.05, 0.1) is 0 Å². The molecule has 0 heterocycles. The van der Waals surface area contributed by atoms with Crippen LogP contribution >= 0.6 is 0 Å². The number of fused-ring (bicyclic) bond motifs is 2. The van der Waals surface area contributed by atoms with Gasteiger partial charge in [-0.05, 0) is 32.1 Å². The van der Waals surface area contributed by atoms with Crippen LogP contribution in [-0.2, 0) is 0 Å². The Labute approximate surface area is 74.7 Å². The van der Waals surface area contributed by atoms with E-state index in [1.807, 2.05) is 0 Å². The van der Waals surface area contributed by atoms with Crippen LogP contribution in [0.15, 0.2) is 35.5 Å². The van der Waals surface area contributed by atoms with Crippen LogP contribution in [0, 0.1) is 0 Å². The molecule has 64 valence electrons. The second-order valence-electron chi connectivity index (χ2n) is 3.77. The molecule has 0 N–H and O–H groups in total. The predicted octanol–water partition coefficient (Wildman–Crippen LogP) is 3.76. The average molecular weight is 160 g/mol. The van der Waals surface area contributed by atoms with E-state index in [9.17, 15) is 0 Å². The maximum absolute atomic E-state index is 2.30. The third-order valence-electron chi connectivity index (χ3n) is 2.72. The van der Waals surface area contributed by atoms with Gasteiger partial charge < -0.3 is 0 Å². The van der Waals surface area contributed by atoms with Gasteiger partial charge in [0, 0.05) is 0 Å². The summed E-state index contributed by atoms with van der Waals surface area (Å²) in [7, 11) is 0. The molecule has 2 rings (SSSR count). The SMILES string of the molecule is C1=CC=C2CCCCCC(=C1)C2. The van der Waals surface area contributed by atoms with Gasteiger partial charge in [-0.1, -0.05) is 41.9 Å². The van der Waals surface area contributed by atoms with Gasteiger partial charge in [0.15, 0.2) is 0 Å². The van der Waals surface area contributed by atoms with Crippen LogP contribution in [0.3, 0.4) is 0 Å². The monoisotopic (exact) mass is 160 g/mol. The number of allylic oxidation sites excluding steroid dienone is 6. The van der Waals surface area contributed by atoms with Crippen molar-refractivity contribution >= 4 is 0 Å². The molecule has 0 aromatic carbocycles. The van der Waals surface area contributed by atoms with E-state index in [-0.39, 0.29) is 0 Å². The largest absolute Gasteiger partial charge is 0.0662 e. The summed E-state index contributed by atoms with van der Waals surface area (Å²) in [6.45, 7) is 0. The van der Waals surface area contributed by atoms with Crippen LogP contribution in [0.5, 0.6) is 0 Å². The van der Waals surface area contributed by atoms with Crippen molar-refractivity contribution in [3.8, 4) is 0 Å². The first-order valence-corrected chi connectivity index (χ1v) is 4.99. The van der Waals surface area contributed by atoms with Crippen molar-refractivity contribution in [1.29, 1.82) is 0 Å². The fourth-order valence-electron chi connectivity index (χ4n) is 2.02. The molecular formula is C12H16. The van der Waals surface area contributed by atoms with E-state index in [2.05, 4.69) is 24.3 Å². The fraction of sp³-hybridized carbons (Fsp3) is 0.500. The maximum Gasteiger partial charge on any atom is -0.0102 e. The molecule has 0 spiro atoms. The number of rotatable bonds is 0. The van der Waals surface area contributed by atoms with E-state index in [1.54, 1.807) is 11.1 Å². The van der Waals surface area contributed by atoms with Gasteiger partial charge in [0.25, 0.3) is 0 Å². The van der Waals surface area contributed by atoms with E-state index in [0.717, 1.165) is 0 Å². The summed E-state index contributed by atoms with van der Waals surface area (Å²) < 4.78 is 0. The van der Waals surface area contributed by atoms with Crippen molar-refractivity contribution in [2.45, 2.75) is 38.5 Å². The van der Waals surface area contributed by atoms with Gasteiger partial charge in [-0.3, -0.25) is 0 Å². The van der Waals surface area contributed by atoms with Gasteiger partial charge in [-0.15, -0.1) is 0 Å². The number of hydrogen-bond acceptors (Lipinski definition) is 0. The Balaban J connectivity index is 2.18. The summed E-state index contributed by atoms with van der Waals surface area (Å²) in [6, 6.07) is 0. The molecule has 0 saturated heterocycles. The minimum Gasteiger partial charge on any atom is -0.0662 e. The normalized spacial score (nSPS) is 23.3. The average Bonchev–Trinajstić information content (AvgIpc) is 2.25. The number of hydrogen-bond donors (Lipinski definition) is 0. The van der Waals surface area contributed by atoms with Gasteiger partial charge in [-0.2, -0.15) is 0 Å². The van der Waals surface area contributed by atoms with E-state index in [1.165, 1.54) is 38.5 Å². The molecule has 0 nitrogen and oxygen atoms in total. The smallest absolute Gasteiger partial charge is 0.0102 e. The zero-order chi connectivity index (χ0) is 8.23. The van der Waals surface area contributed by atoms with Crippen LogP contribution in [0.4, 0.5) is 0 Å². The molecule has 0 atom stereocenters. The Hall–Kier alpha value is -0.780. The summed E-state index contributed by atoms with van der Waals surface area (Å²) in [4.78, 5) is 0. The molecule has 0 amide bonds. The van der Waals surface area contributed by atoms with Crippen molar-refractivity contribution in [2.75, 3.05) is 0 Å². The Morgan fingerprint density at radius 1 is 0.750 bits per heavy atom. The summed E-state index contributed by atoms with van der Waals surface area (Å²) in [5.74, 6) is 0. The highest BCUT2D eigenvalue weighted by molar-refractivity contribution is 5.29. The molecule has 12 heavy (non-hydrogen) atoms. The molecule has 0 radical (unpaired) electrons. The first-order chi connectivity index (χ1) is 5.95. The predicted molar refractivity (Wildman–Crippen MR) is 53.0 cm³/mol. The topological polar surface area (TPSA) is 0 Å². The fourth-order valence-corrected chi connectivity index (χ4v) is 2.02. The minimum absolute atomic E-state index is 1.24. The zero-order valence-corrected chi connectivity index (χ0v) is 7.55. The molecule has 0 unspecified atom stereocenters. The first-order valence-electron chi connectivity index (χ1n) is 4.99. The van der Waals surface area contributed by atoms with E-state index in [0.29, 0.717) is 0 Å². The molecule has 0 aliphatic heterocycles. The molecule has 1 saturated carbocycles. The highest BCUT2D eigenvalue weighted by atomic mass is 14.1. The zero-order valence-electron chi connectivity index (χ0n) is 7.55. The molecule has 2 aliphatic rings. The van der Waals surface area contributed by atoms with Crippen LogP contribution < -0.4 is 0 Å². The Bertz CT molecular complexity index is 217. The third-order valence-corrected chi connectivity index (χ3v) is 2.72. The van der Waals surface area contributed by atoms with Crippen molar-refractivity contribution in [1.82, 2.24) is 0 Å². The van der Waals surface area contributed by atoms with Crippen LogP contribution in [0.1, 0.15) is 38.5 Å². The first kappa shape index (κ1) is 7.85. The highest BCUT2D eigenvalue weighted by Gasteiger charge is 2.07. The highest BCUT2D eigenvalue weighted by Crippen LogP contribution is 2.27. The van der Waals surface area contributed by atoms with Crippen molar-refractivity contribution in [3.05, 3.63) is 35.5 Å². The molecule has 0 heteroatoms. The van der Waals surface area contributed by atoms with Gasteiger partial charge in [0.1, 0.15) is 0 Å². The molecule has 2 aliphatic carbocycles. The molecule has 0 aromatic heterocycles. The second kappa shape index (κ2) is 3.75. The molecular weight excluding hydrogens is 144 g/mol. The molecule has 1 fully saturated rings. The standard InChI is InChI=1S/C12H16/c1-2-6-11-8-4-5-9-12(10-11)7-3-1/h4-5,8-9H,1-3,6-7,10H2. The quantitative estimate of drug-likeness (QED) is 0.506. The Kier molecular flexibility index (Phi) is 2.45. The minimum atomic E-state index is 1.24. The molecule has 2 bridgehead atoms. The summed E-state index contributed by atoms with van der Waals surface area (Å²) >= 11 is 0. The van der Waals surface area contributed by atoms with E-state index < -0.39 is 0 Å². The second-order valence-corrected chi connectivity index (χ2v) is 3.77. The van der Waals surface area contributed by atoms with Gasteiger partial charge in [-0.25, -0.2) is 0 Å². The lowest BCUT2D eigenvalue weighted by Crippen LogP contribution is -1.94. The van der Waals surface area contributed by atoms with E-state index in [4.69, 9.17) is 0 Å². The maximum atomic E-state index is 2.30. The Morgan fingerprint density at radius 3 is 1.92 bits per heavy atom. The van der Waals surface area contributed by atoms with Crippen molar-refractivity contribution < 1.29 is 0 Å². The summed E-state index contributed by atoms with van der Waals surface area (Å²) in [6.07, 6.45) is 17.1. The van der Waals surface area contributed by atoms with Gasteiger partial charge >= 0.3 is 0 Å².